The van der Waals surface area contributed by atoms with Gasteiger partial charge in [0.2, 0.25) is 0 Å². The standard InChI is InChI=1S/C12H25ClN2/c1-3-5-12(2)15-8-4-7-14(9-6-13)10-11-15/h12H,3-11H2,1-2H3. The van der Waals surface area contributed by atoms with Crippen LogP contribution in [0.4, 0.5) is 0 Å². The van der Waals surface area contributed by atoms with Crippen molar-refractivity contribution in [3.8, 4) is 0 Å². The molecule has 3 heteroatoms. The zero-order chi connectivity index (χ0) is 11.1. The highest BCUT2D eigenvalue weighted by Crippen LogP contribution is 2.10. The van der Waals surface area contributed by atoms with Gasteiger partial charge in [-0.05, 0) is 32.9 Å². The third-order valence-electron chi connectivity index (χ3n) is 3.35. The molecule has 1 saturated heterocycles. The van der Waals surface area contributed by atoms with Gasteiger partial charge in [0.15, 0.2) is 0 Å². The number of hydrogen-bond acceptors (Lipinski definition) is 2. The van der Waals surface area contributed by atoms with E-state index >= 15 is 0 Å². The molecule has 0 spiro atoms. The number of nitrogens with zero attached hydrogens (tertiary/aromatic N) is 2. The van der Waals surface area contributed by atoms with Crippen LogP contribution in [-0.2, 0) is 0 Å². The molecular weight excluding hydrogens is 208 g/mol. The molecule has 0 aromatic heterocycles. The van der Waals surface area contributed by atoms with Gasteiger partial charge in [-0.15, -0.1) is 11.6 Å². The van der Waals surface area contributed by atoms with E-state index < -0.39 is 0 Å². The molecule has 0 radical (unpaired) electrons. The van der Waals surface area contributed by atoms with E-state index in [9.17, 15) is 0 Å². The summed E-state index contributed by atoms with van der Waals surface area (Å²) in [4.78, 5) is 5.13. The molecule has 1 atom stereocenters. The fourth-order valence-electron chi connectivity index (χ4n) is 2.38. The van der Waals surface area contributed by atoms with Crippen LogP contribution in [0.3, 0.4) is 0 Å². The maximum absolute atomic E-state index is 5.78. The van der Waals surface area contributed by atoms with Crippen molar-refractivity contribution in [2.75, 3.05) is 38.6 Å². The molecular formula is C12H25ClN2. The van der Waals surface area contributed by atoms with E-state index in [0.29, 0.717) is 0 Å². The monoisotopic (exact) mass is 232 g/mol. The fraction of sp³-hybridized carbons (Fsp3) is 1.00. The average molecular weight is 233 g/mol. The van der Waals surface area contributed by atoms with E-state index in [1.54, 1.807) is 0 Å². The molecule has 0 saturated carbocycles. The fourth-order valence-corrected chi connectivity index (χ4v) is 2.61. The Kier molecular flexibility index (Phi) is 6.62. The van der Waals surface area contributed by atoms with E-state index in [1.807, 2.05) is 0 Å². The van der Waals surface area contributed by atoms with Crippen molar-refractivity contribution in [2.24, 2.45) is 0 Å². The molecule has 15 heavy (non-hydrogen) atoms. The molecule has 1 aliphatic rings. The minimum Gasteiger partial charge on any atom is -0.301 e. The second-order valence-electron chi connectivity index (χ2n) is 4.56. The van der Waals surface area contributed by atoms with E-state index in [-0.39, 0.29) is 0 Å². The smallest absolute Gasteiger partial charge is 0.0351 e. The number of hydrogen-bond donors (Lipinski definition) is 0. The molecule has 0 aromatic rings. The Labute approximate surface area is 99.6 Å². The van der Waals surface area contributed by atoms with Crippen LogP contribution in [0.25, 0.3) is 0 Å². The van der Waals surface area contributed by atoms with Crippen LogP contribution >= 0.6 is 11.6 Å². The molecule has 1 rings (SSSR count). The minimum absolute atomic E-state index is 0.756. The van der Waals surface area contributed by atoms with Crippen LogP contribution in [0.5, 0.6) is 0 Å². The summed E-state index contributed by atoms with van der Waals surface area (Å²) in [5, 5.41) is 0. The van der Waals surface area contributed by atoms with Gasteiger partial charge in [0.1, 0.15) is 0 Å². The Balaban J connectivity index is 2.31. The predicted octanol–water partition coefficient (Wildman–Crippen LogP) is 2.42. The molecule has 1 aliphatic heterocycles. The van der Waals surface area contributed by atoms with Crippen LogP contribution in [0.1, 0.15) is 33.1 Å². The van der Waals surface area contributed by atoms with Gasteiger partial charge in [0.05, 0.1) is 0 Å². The highest BCUT2D eigenvalue weighted by molar-refractivity contribution is 6.18. The quantitative estimate of drug-likeness (QED) is 0.672. The van der Waals surface area contributed by atoms with Gasteiger partial charge in [-0.3, -0.25) is 4.90 Å². The first kappa shape index (κ1) is 13.3. The van der Waals surface area contributed by atoms with Crippen molar-refractivity contribution in [3.05, 3.63) is 0 Å². The molecule has 0 bridgehead atoms. The van der Waals surface area contributed by atoms with Crippen molar-refractivity contribution in [2.45, 2.75) is 39.2 Å². The lowest BCUT2D eigenvalue weighted by Gasteiger charge is -2.27. The zero-order valence-corrected chi connectivity index (χ0v) is 11.0. The van der Waals surface area contributed by atoms with E-state index in [4.69, 9.17) is 11.6 Å². The number of alkyl halides is 1. The maximum Gasteiger partial charge on any atom is 0.0351 e. The van der Waals surface area contributed by atoms with Crippen LogP contribution < -0.4 is 0 Å². The van der Waals surface area contributed by atoms with E-state index in [1.165, 1.54) is 45.4 Å². The SMILES string of the molecule is CCCC(C)N1CCCN(CCCl)CC1. The summed E-state index contributed by atoms with van der Waals surface area (Å²) in [6, 6.07) is 0.756. The van der Waals surface area contributed by atoms with Crippen LogP contribution in [0, 0.1) is 0 Å². The van der Waals surface area contributed by atoms with Crippen molar-refractivity contribution in [3.63, 3.8) is 0 Å². The van der Waals surface area contributed by atoms with Gasteiger partial charge >= 0.3 is 0 Å². The van der Waals surface area contributed by atoms with E-state index in [2.05, 4.69) is 23.6 Å². The molecule has 1 unspecified atom stereocenters. The normalized spacial score (nSPS) is 22.6. The Morgan fingerprint density at radius 3 is 2.67 bits per heavy atom. The summed E-state index contributed by atoms with van der Waals surface area (Å²) < 4.78 is 0. The van der Waals surface area contributed by atoms with Crippen LogP contribution in [-0.4, -0.2) is 54.4 Å². The number of rotatable bonds is 5. The Morgan fingerprint density at radius 1 is 1.20 bits per heavy atom. The van der Waals surface area contributed by atoms with Gasteiger partial charge in [-0.2, -0.15) is 0 Å². The lowest BCUT2D eigenvalue weighted by molar-refractivity contribution is 0.201. The first-order valence-electron chi connectivity index (χ1n) is 6.30. The summed E-state index contributed by atoms with van der Waals surface area (Å²) in [6.07, 6.45) is 3.92. The third kappa shape index (κ3) is 4.71. The summed E-state index contributed by atoms with van der Waals surface area (Å²) >= 11 is 5.78. The molecule has 1 fully saturated rings. The highest BCUT2D eigenvalue weighted by Gasteiger charge is 2.17. The largest absolute Gasteiger partial charge is 0.301 e. The Hall–Kier alpha value is 0.210. The van der Waals surface area contributed by atoms with Gasteiger partial charge in [-0.25, -0.2) is 0 Å². The second kappa shape index (κ2) is 7.48. The minimum atomic E-state index is 0.756. The summed E-state index contributed by atoms with van der Waals surface area (Å²) in [6.45, 7) is 10.6. The molecule has 0 amide bonds. The topological polar surface area (TPSA) is 6.48 Å². The highest BCUT2D eigenvalue weighted by atomic mass is 35.5. The molecule has 90 valence electrons. The lowest BCUT2D eigenvalue weighted by Crippen LogP contribution is -2.37. The molecule has 0 aliphatic carbocycles. The Morgan fingerprint density at radius 2 is 2.00 bits per heavy atom. The zero-order valence-electron chi connectivity index (χ0n) is 10.2. The predicted molar refractivity (Wildman–Crippen MR) is 67.7 cm³/mol. The van der Waals surface area contributed by atoms with Crippen LogP contribution in [0.15, 0.2) is 0 Å². The van der Waals surface area contributed by atoms with E-state index in [0.717, 1.165) is 18.5 Å². The summed E-state index contributed by atoms with van der Waals surface area (Å²) in [5.74, 6) is 0.768. The van der Waals surface area contributed by atoms with Crippen LogP contribution in [0.2, 0.25) is 0 Å². The molecule has 0 aromatic carbocycles. The van der Waals surface area contributed by atoms with Crippen molar-refractivity contribution in [1.29, 1.82) is 0 Å². The van der Waals surface area contributed by atoms with Gasteiger partial charge in [0.25, 0.3) is 0 Å². The Bertz CT molecular complexity index is 164. The molecule has 0 N–H and O–H groups in total. The lowest BCUT2D eigenvalue weighted by atomic mass is 10.1. The van der Waals surface area contributed by atoms with Crippen molar-refractivity contribution < 1.29 is 0 Å². The third-order valence-corrected chi connectivity index (χ3v) is 3.52. The second-order valence-corrected chi connectivity index (χ2v) is 4.94. The van der Waals surface area contributed by atoms with Crippen molar-refractivity contribution >= 4 is 11.6 Å². The van der Waals surface area contributed by atoms with Gasteiger partial charge in [-0.1, -0.05) is 13.3 Å². The summed E-state index contributed by atoms with van der Waals surface area (Å²) in [7, 11) is 0. The van der Waals surface area contributed by atoms with Gasteiger partial charge in [0, 0.05) is 31.6 Å². The molecule has 2 nitrogen and oxygen atoms in total. The maximum atomic E-state index is 5.78. The first-order valence-corrected chi connectivity index (χ1v) is 6.83. The first-order chi connectivity index (χ1) is 7.27. The summed E-state index contributed by atoms with van der Waals surface area (Å²) in [5.41, 5.74) is 0. The van der Waals surface area contributed by atoms with Crippen molar-refractivity contribution in [1.82, 2.24) is 9.80 Å². The molecule has 1 heterocycles. The average Bonchev–Trinajstić information content (AvgIpc) is 2.44. The van der Waals surface area contributed by atoms with Gasteiger partial charge < -0.3 is 4.90 Å². The number of halogens is 1.